The average Bonchev–Trinajstić information content (AvgIpc) is 3.32. The summed E-state index contributed by atoms with van der Waals surface area (Å²) in [5, 5.41) is 8.53. The highest BCUT2D eigenvalue weighted by Crippen LogP contribution is 2.25. The van der Waals surface area contributed by atoms with Crippen molar-refractivity contribution < 1.29 is 14.4 Å². The second-order valence-corrected chi connectivity index (χ2v) is 8.81. The molecule has 0 bridgehead atoms. The van der Waals surface area contributed by atoms with Gasteiger partial charge in [0.1, 0.15) is 5.82 Å². The lowest BCUT2D eigenvalue weighted by Gasteiger charge is -2.14. The fourth-order valence-electron chi connectivity index (χ4n) is 4.46. The number of pyridine rings is 1. The normalized spacial score (nSPS) is 12.9. The van der Waals surface area contributed by atoms with Crippen LogP contribution >= 0.6 is 0 Å². The lowest BCUT2D eigenvalue weighted by atomic mass is 10.1. The molecule has 0 saturated carbocycles. The average molecular weight is 468 g/mol. The summed E-state index contributed by atoms with van der Waals surface area (Å²) in [4.78, 5) is 43.8. The quantitative estimate of drug-likeness (QED) is 0.425. The highest BCUT2D eigenvalue weighted by atomic mass is 16.2. The number of hydrogen-bond donors (Lipinski definition) is 1. The van der Waals surface area contributed by atoms with Gasteiger partial charge in [-0.3, -0.25) is 19.3 Å². The lowest BCUT2D eigenvalue weighted by Crippen LogP contribution is -2.31. The van der Waals surface area contributed by atoms with Crippen LogP contribution < -0.4 is 5.32 Å². The fourth-order valence-corrected chi connectivity index (χ4v) is 4.46. The van der Waals surface area contributed by atoms with Gasteiger partial charge in [0.05, 0.1) is 22.3 Å². The molecule has 0 unspecified atom stereocenters. The molecule has 0 atom stereocenters. The van der Waals surface area contributed by atoms with Gasteiger partial charge in [-0.1, -0.05) is 30.3 Å². The number of carbonyl (C=O) groups excluding carboxylic acids is 3. The molecule has 0 saturated heterocycles. The Morgan fingerprint density at radius 1 is 0.914 bits per heavy atom. The first-order chi connectivity index (χ1) is 16.8. The van der Waals surface area contributed by atoms with Gasteiger partial charge in [0.15, 0.2) is 5.82 Å². The summed E-state index contributed by atoms with van der Waals surface area (Å²) in [6, 6.07) is 16.6. The number of imide groups is 1. The van der Waals surface area contributed by atoms with Gasteiger partial charge < -0.3 is 5.32 Å². The Morgan fingerprint density at radius 2 is 1.63 bits per heavy atom. The fraction of sp³-hybridized carbons (Fsp3) is 0.222. The lowest BCUT2D eigenvalue weighted by molar-refractivity contribution is -0.116. The van der Waals surface area contributed by atoms with E-state index in [9.17, 15) is 14.4 Å². The van der Waals surface area contributed by atoms with E-state index in [0.717, 1.165) is 27.7 Å². The summed E-state index contributed by atoms with van der Waals surface area (Å²) in [5.74, 6) is 0.295. The molecule has 1 aliphatic rings. The molecule has 1 N–H and O–H groups in total. The first-order valence-corrected chi connectivity index (χ1v) is 11.5. The molecule has 4 aromatic rings. The summed E-state index contributed by atoms with van der Waals surface area (Å²) in [7, 11) is 0. The minimum absolute atomic E-state index is 0.154. The Morgan fingerprint density at radius 3 is 2.34 bits per heavy atom. The molecule has 8 heteroatoms. The Labute approximate surface area is 202 Å². The number of rotatable bonds is 6. The van der Waals surface area contributed by atoms with Crippen LogP contribution in [0, 0.1) is 20.8 Å². The smallest absolute Gasteiger partial charge is 0.261 e. The van der Waals surface area contributed by atoms with Crippen LogP contribution in [-0.2, 0) is 4.79 Å². The number of nitrogens with one attached hydrogen (secondary N) is 1. The largest absolute Gasteiger partial charge is 0.311 e. The summed E-state index contributed by atoms with van der Waals surface area (Å²) in [6.07, 6.45) is 0.512. The van der Waals surface area contributed by atoms with E-state index < -0.39 is 0 Å². The molecule has 3 heterocycles. The minimum atomic E-state index is -0.312. The van der Waals surface area contributed by atoms with Crippen molar-refractivity contribution in [2.75, 3.05) is 11.9 Å². The van der Waals surface area contributed by atoms with Gasteiger partial charge in [0.25, 0.3) is 11.8 Å². The molecular weight excluding hydrogens is 442 g/mol. The molecule has 0 fully saturated rings. The highest BCUT2D eigenvalue weighted by Gasteiger charge is 2.34. The molecular formula is C27H25N5O3. The van der Waals surface area contributed by atoms with E-state index in [2.05, 4.69) is 10.4 Å². The molecule has 3 amide bonds. The van der Waals surface area contributed by atoms with Gasteiger partial charge in [0.2, 0.25) is 5.91 Å². The highest BCUT2D eigenvalue weighted by molar-refractivity contribution is 6.21. The number of amides is 3. The van der Waals surface area contributed by atoms with Crippen LogP contribution in [-0.4, -0.2) is 43.9 Å². The van der Waals surface area contributed by atoms with Gasteiger partial charge in [-0.15, -0.1) is 0 Å². The van der Waals surface area contributed by atoms with E-state index in [1.807, 2.05) is 45.0 Å². The van der Waals surface area contributed by atoms with Crippen molar-refractivity contribution in [3.8, 4) is 5.82 Å². The second-order valence-electron chi connectivity index (χ2n) is 8.81. The van der Waals surface area contributed by atoms with Gasteiger partial charge >= 0.3 is 0 Å². The first-order valence-electron chi connectivity index (χ1n) is 11.5. The summed E-state index contributed by atoms with van der Waals surface area (Å²) in [6.45, 7) is 6.08. The van der Waals surface area contributed by atoms with Crippen molar-refractivity contribution in [3.05, 3.63) is 82.5 Å². The zero-order chi connectivity index (χ0) is 24.7. The SMILES string of the molecule is Cc1cc(NC(=O)CCCN2C(=O)c3ccccc3C2=O)n(-c2cc(C)c3cccc(C)c3n2)n1. The monoisotopic (exact) mass is 467 g/mol. The van der Waals surface area contributed by atoms with Gasteiger partial charge in [-0.05, 0) is 56.5 Å². The third-order valence-corrected chi connectivity index (χ3v) is 6.21. The van der Waals surface area contributed by atoms with Gasteiger partial charge in [-0.2, -0.15) is 9.78 Å². The number of hydrogen-bond acceptors (Lipinski definition) is 5. The summed E-state index contributed by atoms with van der Waals surface area (Å²) < 4.78 is 1.64. The summed E-state index contributed by atoms with van der Waals surface area (Å²) >= 11 is 0. The molecule has 8 nitrogen and oxygen atoms in total. The molecule has 5 rings (SSSR count). The van der Waals surface area contributed by atoms with E-state index in [-0.39, 0.29) is 30.7 Å². The molecule has 0 spiro atoms. The number of aryl methyl sites for hydroxylation is 3. The summed E-state index contributed by atoms with van der Waals surface area (Å²) in [5.41, 5.74) is 4.60. The van der Waals surface area contributed by atoms with Crippen LogP contribution in [0.15, 0.2) is 54.6 Å². The van der Waals surface area contributed by atoms with Crippen molar-refractivity contribution in [3.63, 3.8) is 0 Å². The van der Waals surface area contributed by atoms with Crippen LogP contribution in [0.3, 0.4) is 0 Å². The van der Waals surface area contributed by atoms with E-state index >= 15 is 0 Å². The van der Waals surface area contributed by atoms with Crippen molar-refractivity contribution >= 4 is 34.4 Å². The predicted molar refractivity (Wildman–Crippen MR) is 133 cm³/mol. The topological polar surface area (TPSA) is 97.2 Å². The number of anilines is 1. The van der Waals surface area contributed by atoms with Crippen molar-refractivity contribution in [1.82, 2.24) is 19.7 Å². The van der Waals surface area contributed by atoms with E-state index in [0.29, 0.717) is 29.2 Å². The van der Waals surface area contributed by atoms with E-state index in [1.165, 1.54) is 4.90 Å². The van der Waals surface area contributed by atoms with Crippen molar-refractivity contribution in [2.45, 2.75) is 33.6 Å². The van der Waals surface area contributed by atoms with Crippen LogP contribution in [0.5, 0.6) is 0 Å². The first kappa shape index (κ1) is 22.5. The number of aromatic nitrogens is 3. The number of para-hydroxylation sites is 1. The molecule has 176 valence electrons. The number of fused-ring (bicyclic) bond motifs is 2. The van der Waals surface area contributed by atoms with Gasteiger partial charge in [-0.25, -0.2) is 4.98 Å². The Kier molecular flexibility index (Phi) is 5.64. The Balaban J connectivity index is 1.29. The predicted octanol–water partition coefficient (Wildman–Crippen LogP) is 4.36. The molecule has 2 aromatic heterocycles. The minimum Gasteiger partial charge on any atom is -0.311 e. The van der Waals surface area contributed by atoms with Crippen LogP contribution in [0.25, 0.3) is 16.7 Å². The second kappa shape index (κ2) is 8.79. The van der Waals surface area contributed by atoms with E-state index in [1.54, 1.807) is 35.0 Å². The maximum Gasteiger partial charge on any atom is 0.261 e. The molecule has 2 aromatic carbocycles. The zero-order valence-electron chi connectivity index (χ0n) is 19.8. The van der Waals surface area contributed by atoms with Crippen LogP contribution in [0.4, 0.5) is 5.82 Å². The van der Waals surface area contributed by atoms with E-state index in [4.69, 9.17) is 4.98 Å². The standard InChI is InChI=1S/C27H25N5O3/c1-16-8-6-11-19-17(2)14-22(29-25(16)19)32-23(15-18(3)30-32)28-24(33)12-7-13-31-26(34)20-9-4-5-10-21(20)27(31)35/h4-6,8-11,14-15H,7,12-13H2,1-3H3,(H,28,33). The van der Waals surface area contributed by atoms with Crippen LogP contribution in [0.1, 0.15) is 50.4 Å². The molecule has 0 aliphatic carbocycles. The Hall–Kier alpha value is -4.33. The number of nitrogens with zero attached hydrogens (tertiary/aromatic N) is 4. The zero-order valence-corrected chi connectivity index (χ0v) is 19.8. The number of benzene rings is 2. The maximum absolute atomic E-state index is 12.7. The van der Waals surface area contributed by atoms with Crippen LogP contribution in [0.2, 0.25) is 0 Å². The number of carbonyl (C=O) groups is 3. The molecule has 1 aliphatic heterocycles. The van der Waals surface area contributed by atoms with Crippen molar-refractivity contribution in [2.24, 2.45) is 0 Å². The Bertz CT molecular complexity index is 1470. The maximum atomic E-state index is 12.7. The van der Waals surface area contributed by atoms with Crippen molar-refractivity contribution in [1.29, 1.82) is 0 Å². The van der Waals surface area contributed by atoms with Gasteiger partial charge in [0, 0.05) is 24.4 Å². The third kappa shape index (κ3) is 4.07. The third-order valence-electron chi connectivity index (χ3n) is 6.21. The molecule has 0 radical (unpaired) electrons. The molecule has 35 heavy (non-hydrogen) atoms.